The zero-order valence-electron chi connectivity index (χ0n) is 12.6. The van der Waals surface area contributed by atoms with Crippen LogP contribution in [0.25, 0.3) is 0 Å². The van der Waals surface area contributed by atoms with Gasteiger partial charge in [-0.1, -0.05) is 30.7 Å². The highest BCUT2D eigenvalue weighted by Gasteiger charge is 2.37. The third-order valence-electron chi connectivity index (χ3n) is 3.79. The minimum Gasteiger partial charge on any atom is -0.368 e. The quantitative estimate of drug-likeness (QED) is 0.770. The summed E-state index contributed by atoms with van der Waals surface area (Å²) >= 11 is 7.72. The van der Waals surface area contributed by atoms with Crippen LogP contribution >= 0.6 is 23.4 Å². The number of thioether (sulfide) groups is 1. The maximum atomic E-state index is 11.8. The van der Waals surface area contributed by atoms with Crippen LogP contribution in [0.1, 0.15) is 38.7 Å². The minimum atomic E-state index is -0.604. The average molecular weight is 327 g/mol. The van der Waals surface area contributed by atoms with Crippen molar-refractivity contribution in [2.45, 2.75) is 55.7 Å². The van der Waals surface area contributed by atoms with Crippen molar-refractivity contribution in [1.29, 1.82) is 0 Å². The summed E-state index contributed by atoms with van der Waals surface area (Å²) in [6.07, 6.45) is 3.04. The summed E-state index contributed by atoms with van der Waals surface area (Å²) < 4.78 is 0. The van der Waals surface area contributed by atoms with Gasteiger partial charge in [0.1, 0.15) is 0 Å². The van der Waals surface area contributed by atoms with Crippen LogP contribution in [-0.4, -0.2) is 22.7 Å². The Labute approximate surface area is 136 Å². The number of amides is 1. The first-order valence-electron chi connectivity index (χ1n) is 7.33. The number of nitrogens with two attached hydrogens (primary N) is 1. The number of rotatable bonds is 8. The standard InChI is InChI=1S/C16H23ClN2OS/c1-11(21-10-12-3-5-13(17)6-4-12)9-16(2,15(18)20)19-14-7-8-14/h3-6,11,14,19H,7-10H2,1-2H3,(H2,18,20). The normalized spacial score (nSPS) is 19.0. The van der Waals surface area contributed by atoms with Gasteiger partial charge in [-0.2, -0.15) is 11.8 Å². The Hall–Kier alpha value is -0.710. The van der Waals surface area contributed by atoms with Gasteiger partial charge in [0.2, 0.25) is 5.91 Å². The van der Waals surface area contributed by atoms with Crippen molar-refractivity contribution < 1.29 is 4.79 Å². The maximum absolute atomic E-state index is 11.8. The molecule has 0 aliphatic heterocycles. The van der Waals surface area contributed by atoms with E-state index >= 15 is 0 Å². The third-order valence-corrected chi connectivity index (χ3v) is 5.28. The molecule has 1 saturated carbocycles. The average Bonchev–Trinajstić information content (AvgIpc) is 3.21. The summed E-state index contributed by atoms with van der Waals surface area (Å²) in [5.41, 5.74) is 6.23. The van der Waals surface area contributed by atoms with E-state index < -0.39 is 5.54 Å². The predicted octanol–water partition coefficient (Wildman–Crippen LogP) is 3.35. The molecule has 1 fully saturated rings. The number of primary amides is 1. The molecule has 0 radical (unpaired) electrons. The summed E-state index contributed by atoms with van der Waals surface area (Å²) in [6, 6.07) is 8.36. The van der Waals surface area contributed by atoms with E-state index in [1.54, 1.807) is 0 Å². The molecule has 1 aliphatic carbocycles. The first-order valence-corrected chi connectivity index (χ1v) is 8.75. The summed E-state index contributed by atoms with van der Waals surface area (Å²) in [4.78, 5) is 11.8. The van der Waals surface area contributed by atoms with Gasteiger partial charge in [-0.15, -0.1) is 0 Å². The van der Waals surface area contributed by atoms with Crippen molar-refractivity contribution >= 4 is 29.3 Å². The molecule has 2 atom stereocenters. The van der Waals surface area contributed by atoms with Crippen molar-refractivity contribution in [1.82, 2.24) is 5.32 Å². The highest BCUT2D eigenvalue weighted by atomic mass is 35.5. The zero-order chi connectivity index (χ0) is 15.5. The van der Waals surface area contributed by atoms with Crippen LogP contribution in [0.4, 0.5) is 0 Å². The fraction of sp³-hybridized carbons (Fsp3) is 0.562. The first kappa shape index (κ1) is 16.7. The lowest BCUT2D eigenvalue weighted by Gasteiger charge is -2.30. The molecule has 0 bridgehead atoms. The van der Waals surface area contributed by atoms with E-state index in [0.717, 1.165) is 30.0 Å². The van der Waals surface area contributed by atoms with Gasteiger partial charge in [-0.3, -0.25) is 4.79 Å². The van der Waals surface area contributed by atoms with Crippen molar-refractivity contribution in [3.8, 4) is 0 Å². The van der Waals surface area contributed by atoms with Crippen molar-refractivity contribution in [2.75, 3.05) is 0 Å². The van der Waals surface area contributed by atoms with Crippen molar-refractivity contribution in [3.63, 3.8) is 0 Å². The summed E-state index contributed by atoms with van der Waals surface area (Å²) in [5.74, 6) is 0.657. The lowest BCUT2D eigenvalue weighted by atomic mass is 9.95. The smallest absolute Gasteiger partial charge is 0.237 e. The molecule has 0 saturated heterocycles. The van der Waals surface area contributed by atoms with Crippen molar-refractivity contribution in [3.05, 3.63) is 34.9 Å². The number of benzene rings is 1. The molecule has 21 heavy (non-hydrogen) atoms. The largest absolute Gasteiger partial charge is 0.368 e. The molecule has 1 aliphatic rings. The zero-order valence-corrected chi connectivity index (χ0v) is 14.1. The van der Waals surface area contributed by atoms with Gasteiger partial charge < -0.3 is 11.1 Å². The SMILES string of the molecule is CC(CC(C)(NC1CC1)C(N)=O)SCc1ccc(Cl)cc1. The molecule has 3 nitrogen and oxygen atoms in total. The molecule has 116 valence electrons. The Kier molecular flexibility index (Phi) is 5.58. The molecule has 1 aromatic rings. The van der Waals surface area contributed by atoms with Crippen molar-refractivity contribution in [2.24, 2.45) is 5.73 Å². The van der Waals surface area contributed by atoms with E-state index in [1.165, 1.54) is 5.56 Å². The van der Waals surface area contributed by atoms with E-state index in [1.807, 2.05) is 43.0 Å². The topological polar surface area (TPSA) is 55.1 Å². The van der Waals surface area contributed by atoms with Gasteiger partial charge in [0.05, 0.1) is 5.54 Å². The van der Waals surface area contributed by atoms with Crippen LogP contribution in [0, 0.1) is 0 Å². The summed E-state index contributed by atoms with van der Waals surface area (Å²) in [7, 11) is 0. The molecule has 2 rings (SSSR count). The summed E-state index contributed by atoms with van der Waals surface area (Å²) in [5, 5.41) is 4.51. The lowest BCUT2D eigenvalue weighted by molar-refractivity contribution is -0.124. The van der Waals surface area contributed by atoms with E-state index in [4.69, 9.17) is 17.3 Å². The van der Waals surface area contributed by atoms with Crippen LogP contribution in [0.5, 0.6) is 0 Å². The van der Waals surface area contributed by atoms with Gasteiger partial charge >= 0.3 is 0 Å². The Morgan fingerprint density at radius 1 is 1.48 bits per heavy atom. The van der Waals surface area contributed by atoms with E-state index in [-0.39, 0.29) is 5.91 Å². The second-order valence-electron chi connectivity index (χ2n) is 6.07. The number of hydrogen-bond donors (Lipinski definition) is 2. The lowest BCUT2D eigenvalue weighted by Crippen LogP contribution is -2.55. The second kappa shape index (κ2) is 7.03. The molecule has 0 aromatic heterocycles. The molecule has 5 heteroatoms. The number of carbonyl (C=O) groups is 1. The van der Waals surface area contributed by atoms with Crippen LogP contribution in [0.15, 0.2) is 24.3 Å². The Balaban J connectivity index is 1.85. The molecule has 2 unspecified atom stereocenters. The van der Waals surface area contributed by atoms with E-state index in [0.29, 0.717) is 11.3 Å². The van der Waals surface area contributed by atoms with Gasteiger partial charge in [0, 0.05) is 22.1 Å². The van der Waals surface area contributed by atoms with Crippen LogP contribution in [-0.2, 0) is 10.5 Å². The fourth-order valence-electron chi connectivity index (χ4n) is 2.36. The molecule has 1 amide bonds. The predicted molar refractivity (Wildman–Crippen MR) is 90.6 cm³/mol. The monoisotopic (exact) mass is 326 g/mol. The van der Waals surface area contributed by atoms with Gasteiger partial charge in [0.15, 0.2) is 0 Å². The van der Waals surface area contributed by atoms with E-state index in [2.05, 4.69) is 12.2 Å². The molecule has 3 N–H and O–H groups in total. The van der Waals surface area contributed by atoms with Crippen LogP contribution in [0.2, 0.25) is 5.02 Å². The number of hydrogen-bond acceptors (Lipinski definition) is 3. The van der Waals surface area contributed by atoms with Crippen LogP contribution < -0.4 is 11.1 Å². The molecule has 1 aromatic carbocycles. The summed E-state index contributed by atoms with van der Waals surface area (Å²) in [6.45, 7) is 4.07. The molecular weight excluding hydrogens is 304 g/mol. The number of halogens is 1. The highest BCUT2D eigenvalue weighted by molar-refractivity contribution is 7.99. The van der Waals surface area contributed by atoms with Crippen LogP contribution in [0.3, 0.4) is 0 Å². The third kappa shape index (κ3) is 5.20. The highest BCUT2D eigenvalue weighted by Crippen LogP contribution is 2.29. The van der Waals surface area contributed by atoms with Gasteiger partial charge in [0.25, 0.3) is 0 Å². The minimum absolute atomic E-state index is 0.256. The van der Waals surface area contributed by atoms with Gasteiger partial charge in [-0.25, -0.2) is 0 Å². The second-order valence-corrected chi connectivity index (χ2v) is 7.93. The fourth-order valence-corrected chi connectivity index (χ4v) is 3.61. The van der Waals surface area contributed by atoms with Gasteiger partial charge in [-0.05, 0) is 43.9 Å². The van der Waals surface area contributed by atoms with E-state index in [9.17, 15) is 4.79 Å². The molecule has 0 spiro atoms. The molecular formula is C16H23ClN2OS. The Morgan fingerprint density at radius 2 is 2.10 bits per heavy atom. The number of nitrogens with one attached hydrogen (secondary N) is 1. The first-order chi connectivity index (χ1) is 9.89. The number of carbonyl (C=O) groups excluding carboxylic acids is 1. The molecule has 0 heterocycles. The Bertz CT molecular complexity index is 490. The maximum Gasteiger partial charge on any atom is 0.237 e. The Morgan fingerprint density at radius 3 is 2.62 bits per heavy atom.